The number of nitrogens with zero attached hydrogens (tertiary/aromatic N) is 2. The summed E-state index contributed by atoms with van der Waals surface area (Å²) in [6, 6.07) is 0. The Hall–Kier alpha value is -0.870. The summed E-state index contributed by atoms with van der Waals surface area (Å²) in [7, 11) is 0. The van der Waals surface area contributed by atoms with Crippen LogP contribution in [0.15, 0.2) is 4.52 Å². The molecule has 3 rings (SSSR count). The van der Waals surface area contributed by atoms with E-state index in [-0.39, 0.29) is 5.60 Å². The summed E-state index contributed by atoms with van der Waals surface area (Å²) in [5.41, 5.74) is 1.76. The molecule has 1 aliphatic heterocycles. The molecule has 0 radical (unpaired) electrons. The molecule has 1 aromatic rings. The van der Waals surface area contributed by atoms with Crippen molar-refractivity contribution in [2.45, 2.75) is 38.8 Å². The smallest absolute Gasteiger partial charge is 0.138 e. The first-order chi connectivity index (χ1) is 7.58. The molecule has 88 valence electrons. The van der Waals surface area contributed by atoms with Crippen molar-refractivity contribution < 1.29 is 9.63 Å². The van der Waals surface area contributed by atoms with Gasteiger partial charge in [0.1, 0.15) is 5.76 Å². The molecule has 0 unspecified atom stereocenters. The minimum absolute atomic E-state index is 0.390. The molecular formula is C12H18N2O2. The third-order valence-electron chi connectivity index (χ3n) is 3.90. The van der Waals surface area contributed by atoms with Crippen molar-refractivity contribution in [1.82, 2.24) is 10.1 Å². The predicted octanol–water partition coefficient (Wildman–Crippen LogP) is 1.25. The van der Waals surface area contributed by atoms with E-state index in [4.69, 9.17) is 4.52 Å². The van der Waals surface area contributed by atoms with E-state index in [1.807, 2.05) is 13.8 Å². The maximum Gasteiger partial charge on any atom is 0.138 e. The first-order valence-electron chi connectivity index (χ1n) is 5.95. The van der Waals surface area contributed by atoms with Crippen LogP contribution in [0, 0.1) is 19.8 Å². The SMILES string of the molecule is Cc1noc(C)c1CN1CC(O)(C2CC2)C1. The summed E-state index contributed by atoms with van der Waals surface area (Å²) in [6.45, 7) is 6.39. The second-order valence-electron chi connectivity index (χ2n) is 5.33. The topological polar surface area (TPSA) is 49.5 Å². The average molecular weight is 222 g/mol. The van der Waals surface area contributed by atoms with Crippen molar-refractivity contribution in [2.75, 3.05) is 13.1 Å². The fraction of sp³-hybridized carbons (Fsp3) is 0.750. The number of hydrogen-bond donors (Lipinski definition) is 1. The molecular weight excluding hydrogens is 204 g/mol. The van der Waals surface area contributed by atoms with Crippen LogP contribution in [0.1, 0.15) is 29.9 Å². The number of aliphatic hydroxyl groups is 1. The number of likely N-dealkylation sites (tertiary alicyclic amines) is 1. The first-order valence-corrected chi connectivity index (χ1v) is 5.95. The number of hydrogen-bond acceptors (Lipinski definition) is 4. The fourth-order valence-corrected chi connectivity index (χ4v) is 2.67. The zero-order valence-corrected chi connectivity index (χ0v) is 9.86. The van der Waals surface area contributed by atoms with Gasteiger partial charge in [-0.25, -0.2) is 0 Å². The highest BCUT2D eigenvalue weighted by atomic mass is 16.5. The van der Waals surface area contributed by atoms with Crippen LogP contribution < -0.4 is 0 Å². The van der Waals surface area contributed by atoms with Crippen molar-refractivity contribution in [2.24, 2.45) is 5.92 Å². The lowest BCUT2D eigenvalue weighted by Gasteiger charge is -2.47. The molecule has 0 aromatic carbocycles. The van der Waals surface area contributed by atoms with Crippen molar-refractivity contribution in [1.29, 1.82) is 0 Å². The number of rotatable bonds is 3. The Bertz CT molecular complexity index is 384. The van der Waals surface area contributed by atoms with E-state index >= 15 is 0 Å². The van der Waals surface area contributed by atoms with Gasteiger partial charge >= 0.3 is 0 Å². The van der Waals surface area contributed by atoms with Crippen molar-refractivity contribution in [3.8, 4) is 0 Å². The second-order valence-corrected chi connectivity index (χ2v) is 5.33. The van der Waals surface area contributed by atoms with Crippen LogP contribution in [0.4, 0.5) is 0 Å². The maximum atomic E-state index is 10.2. The van der Waals surface area contributed by atoms with E-state index in [9.17, 15) is 5.11 Å². The molecule has 0 spiro atoms. The highest BCUT2D eigenvalue weighted by Crippen LogP contribution is 2.44. The van der Waals surface area contributed by atoms with Gasteiger partial charge in [0.25, 0.3) is 0 Å². The summed E-state index contributed by atoms with van der Waals surface area (Å²) in [5.74, 6) is 1.47. The first kappa shape index (κ1) is 10.3. The number of aromatic nitrogens is 1. The third kappa shape index (κ3) is 1.57. The van der Waals surface area contributed by atoms with Gasteiger partial charge in [-0.1, -0.05) is 5.16 Å². The number of aryl methyl sites for hydroxylation is 2. The summed E-state index contributed by atoms with van der Waals surface area (Å²) >= 11 is 0. The Morgan fingerprint density at radius 1 is 1.44 bits per heavy atom. The lowest BCUT2D eigenvalue weighted by molar-refractivity contribution is -0.116. The van der Waals surface area contributed by atoms with E-state index in [2.05, 4.69) is 10.1 Å². The summed E-state index contributed by atoms with van der Waals surface area (Å²) in [4.78, 5) is 2.27. The summed E-state index contributed by atoms with van der Waals surface area (Å²) < 4.78 is 5.14. The van der Waals surface area contributed by atoms with Gasteiger partial charge in [0.2, 0.25) is 0 Å². The van der Waals surface area contributed by atoms with Crippen molar-refractivity contribution >= 4 is 0 Å². The van der Waals surface area contributed by atoms with Gasteiger partial charge in [-0.15, -0.1) is 0 Å². The second kappa shape index (κ2) is 3.31. The molecule has 4 heteroatoms. The van der Waals surface area contributed by atoms with Crippen LogP contribution in [0.2, 0.25) is 0 Å². The zero-order chi connectivity index (χ0) is 11.3. The van der Waals surface area contributed by atoms with Gasteiger partial charge < -0.3 is 9.63 Å². The number of β-amino-alcohol motifs (C(OH)–C–C–N with tert-alkyl or cyclic N) is 1. The van der Waals surface area contributed by atoms with E-state index in [1.165, 1.54) is 18.4 Å². The lowest BCUT2D eigenvalue weighted by Crippen LogP contribution is -2.62. The highest BCUT2D eigenvalue weighted by molar-refractivity contribution is 5.21. The van der Waals surface area contributed by atoms with Gasteiger partial charge in [-0.05, 0) is 32.6 Å². The molecule has 0 amide bonds. The van der Waals surface area contributed by atoms with Crippen LogP contribution in [-0.2, 0) is 6.54 Å². The summed E-state index contributed by atoms with van der Waals surface area (Å²) in [6.07, 6.45) is 2.41. The van der Waals surface area contributed by atoms with E-state index in [0.29, 0.717) is 5.92 Å². The van der Waals surface area contributed by atoms with E-state index in [0.717, 1.165) is 31.1 Å². The summed E-state index contributed by atoms with van der Waals surface area (Å²) in [5, 5.41) is 14.2. The Morgan fingerprint density at radius 3 is 2.62 bits per heavy atom. The van der Waals surface area contributed by atoms with Crippen LogP contribution in [0.5, 0.6) is 0 Å². The zero-order valence-electron chi connectivity index (χ0n) is 9.86. The van der Waals surface area contributed by atoms with E-state index in [1.54, 1.807) is 0 Å². The lowest BCUT2D eigenvalue weighted by atomic mass is 9.88. The molecule has 2 aliphatic rings. The Morgan fingerprint density at radius 2 is 2.12 bits per heavy atom. The molecule has 0 bridgehead atoms. The molecule has 0 atom stereocenters. The molecule has 1 aromatic heterocycles. The monoisotopic (exact) mass is 222 g/mol. The minimum Gasteiger partial charge on any atom is -0.387 e. The fourth-order valence-electron chi connectivity index (χ4n) is 2.67. The van der Waals surface area contributed by atoms with Crippen molar-refractivity contribution in [3.05, 3.63) is 17.0 Å². The quantitative estimate of drug-likeness (QED) is 0.836. The molecule has 2 fully saturated rings. The molecule has 1 N–H and O–H groups in total. The van der Waals surface area contributed by atoms with E-state index < -0.39 is 0 Å². The highest BCUT2D eigenvalue weighted by Gasteiger charge is 2.51. The minimum atomic E-state index is -0.390. The average Bonchev–Trinajstić information content (AvgIpc) is 2.98. The molecule has 1 aliphatic carbocycles. The van der Waals surface area contributed by atoms with Crippen LogP contribution >= 0.6 is 0 Å². The van der Waals surface area contributed by atoms with Gasteiger partial charge in [0, 0.05) is 25.2 Å². The standard InChI is InChI=1S/C12H18N2O2/c1-8-11(9(2)16-13-8)5-14-6-12(15,7-14)10-3-4-10/h10,15H,3-7H2,1-2H3. The molecule has 4 nitrogen and oxygen atoms in total. The van der Waals surface area contributed by atoms with Crippen LogP contribution in [0.25, 0.3) is 0 Å². The normalized spacial score (nSPS) is 24.4. The predicted molar refractivity (Wildman–Crippen MR) is 58.9 cm³/mol. The Kier molecular flexibility index (Phi) is 2.13. The van der Waals surface area contributed by atoms with Gasteiger partial charge in [0.15, 0.2) is 0 Å². The molecule has 1 saturated carbocycles. The van der Waals surface area contributed by atoms with Crippen molar-refractivity contribution in [3.63, 3.8) is 0 Å². The molecule has 16 heavy (non-hydrogen) atoms. The van der Waals surface area contributed by atoms with Gasteiger partial charge in [0.05, 0.1) is 11.3 Å². The largest absolute Gasteiger partial charge is 0.387 e. The van der Waals surface area contributed by atoms with Crippen LogP contribution in [-0.4, -0.2) is 33.9 Å². The molecule has 2 heterocycles. The third-order valence-corrected chi connectivity index (χ3v) is 3.90. The van der Waals surface area contributed by atoms with Crippen LogP contribution in [0.3, 0.4) is 0 Å². The molecule has 1 saturated heterocycles. The maximum absolute atomic E-state index is 10.2. The Balaban J connectivity index is 1.62. The van der Waals surface area contributed by atoms with Gasteiger partial charge in [-0.2, -0.15) is 0 Å². The van der Waals surface area contributed by atoms with Gasteiger partial charge in [-0.3, -0.25) is 4.90 Å². The Labute approximate surface area is 95.2 Å².